The molecule has 1 aromatic carbocycles. The van der Waals surface area contributed by atoms with E-state index in [1.165, 1.54) is 12.1 Å². The zero-order valence-corrected chi connectivity index (χ0v) is 11.3. The van der Waals surface area contributed by atoms with E-state index in [0.717, 1.165) is 11.8 Å². The van der Waals surface area contributed by atoms with Crippen molar-refractivity contribution >= 4 is 22.5 Å². The van der Waals surface area contributed by atoms with Crippen molar-refractivity contribution in [3.05, 3.63) is 47.1 Å². The summed E-state index contributed by atoms with van der Waals surface area (Å²) in [6, 6.07) is 5.88. The van der Waals surface area contributed by atoms with E-state index in [2.05, 4.69) is 16.7 Å². The highest BCUT2D eigenvalue weighted by Gasteiger charge is 2.11. The summed E-state index contributed by atoms with van der Waals surface area (Å²) < 4.78 is 13.2. The van der Waals surface area contributed by atoms with Crippen molar-refractivity contribution in [2.45, 2.75) is 13.3 Å². The minimum absolute atomic E-state index is 0.388. The van der Waals surface area contributed by atoms with E-state index in [1.54, 1.807) is 12.1 Å². The highest BCUT2D eigenvalue weighted by molar-refractivity contribution is 8.18. The molecule has 0 fully saturated rings. The summed E-state index contributed by atoms with van der Waals surface area (Å²) in [7, 11) is 0. The number of oxime groups is 1. The Bertz CT molecular complexity index is 515. The van der Waals surface area contributed by atoms with E-state index in [4.69, 9.17) is 10.3 Å². The summed E-state index contributed by atoms with van der Waals surface area (Å²) >= 11 is 1.13. The molecule has 19 heavy (non-hydrogen) atoms. The monoisotopic (exact) mass is 282 g/mol. The molecular weight excluding hydrogens is 267 g/mol. The van der Waals surface area contributed by atoms with Crippen LogP contribution in [-0.4, -0.2) is 27.8 Å². The summed E-state index contributed by atoms with van der Waals surface area (Å²) in [5, 5.41) is 21.3. The molecule has 2 N–H and O–H groups in total. The molecule has 0 spiro atoms. The van der Waals surface area contributed by atoms with Gasteiger partial charge in [0, 0.05) is 10.5 Å². The summed E-state index contributed by atoms with van der Waals surface area (Å²) in [5.74, 6) is -0.388. The lowest BCUT2D eigenvalue weighted by atomic mass is 10.2. The number of hydrogen-bond acceptors (Lipinski definition) is 5. The van der Waals surface area contributed by atoms with E-state index in [1.807, 2.05) is 6.92 Å². The van der Waals surface area contributed by atoms with Crippen LogP contribution in [-0.2, 0) is 0 Å². The third kappa shape index (κ3) is 4.50. The van der Waals surface area contributed by atoms with Crippen LogP contribution in [0, 0.1) is 5.82 Å². The number of allylic oxidation sites excluding steroid dienone is 1. The number of aliphatic hydroxyl groups is 1. The number of aliphatic imine (C=N–C) groups is 1. The molecule has 0 aliphatic rings. The topological polar surface area (TPSA) is 65.2 Å². The van der Waals surface area contributed by atoms with Crippen LogP contribution in [0.25, 0.3) is 0 Å². The van der Waals surface area contributed by atoms with Gasteiger partial charge in [-0.2, -0.15) is 0 Å². The molecular formula is C13H15FN2O2S. The maximum Gasteiger partial charge on any atom is 0.135 e. The van der Waals surface area contributed by atoms with Crippen LogP contribution in [0.5, 0.6) is 0 Å². The minimum atomic E-state index is -0.413. The van der Waals surface area contributed by atoms with Crippen LogP contribution in [0.15, 0.2) is 45.9 Å². The minimum Gasteiger partial charge on any atom is -0.411 e. The molecule has 0 unspecified atom stereocenters. The van der Waals surface area contributed by atoms with Gasteiger partial charge in [-0.25, -0.2) is 9.38 Å². The summed E-state index contributed by atoms with van der Waals surface area (Å²) in [4.78, 5) is 4.40. The van der Waals surface area contributed by atoms with Gasteiger partial charge in [0.1, 0.15) is 17.6 Å². The average molecular weight is 282 g/mol. The van der Waals surface area contributed by atoms with Gasteiger partial charge in [-0.1, -0.05) is 42.6 Å². The fourth-order valence-corrected chi connectivity index (χ4v) is 2.27. The third-order valence-corrected chi connectivity index (χ3v) is 3.32. The first kappa shape index (κ1) is 15.4. The van der Waals surface area contributed by atoms with Gasteiger partial charge in [0.15, 0.2) is 0 Å². The molecule has 0 saturated heterocycles. The second-order valence-electron chi connectivity index (χ2n) is 3.54. The predicted molar refractivity (Wildman–Crippen MR) is 76.3 cm³/mol. The van der Waals surface area contributed by atoms with Gasteiger partial charge in [0.05, 0.1) is 5.71 Å². The van der Waals surface area contributed by atoms with Gasteiger partial charge < -0.3 is 10.3 Å². The Labute approximate surface area is 115 Å². The number of nitrogens with zero attached hydrogens (tertiary/aromatic N) is 2. The highest BCUT2D eigenvalue weighted by Crippen LogP contribution is 2.23. The van der Waals surface area contributed by atoms with Crippen molar-refractivity contribution in [2.75, 3.05) is 6.73 Å². The molecule has 102 valence electrons. The fourth-order valence-electron chi connectivity index (χ4n) is 1.37. The van der Waals surface area contributed by atoms with E-state index >= 15 is 0 Å². The maximum atomic E-state index is 13.2. The molecule has 0 aromatic heterocycles. The first-order valence-corrected chi connectivity index (χ1v) is 6.43. The number of rotatable bonds is 5. The Balaban J connectivity index is 2.98. The van der Waals surface area contributed by atoms with E-state index in [9.17, 15) is 4.39 Å². The lowest BCUT2D eigenvalue weighted by molar-refractivity contribution is 0.310. The van der Waals surface area contributed by atoms with Crippen LogP contribution in [0.4, 0.5) is 4.39 Å². The van der Waals surface area contributed by atoms with Crippen LogP contribution >= 0.6 is 11.8 Å². The van der Waals surface area contributed by atoms with Crippen molar-refractivity contribution in [1.29, 1.82) is 0 Å². The summed E-state index contributed by atoms with van der Waals surface area (Å²) in [5.41, 5.74) is 0.959. The Morgan fingerprint density at radius 2 is 2.21 bits per heavy atom. The van der Waals surface area contributed by atoms with E-state index in [-0.39, 0.29) is 5.82 Å². The first-order valence-electron chi connectivity index (χ1n) is 5.61. The molecule has 0 bridgehead atoms. The second-order valence-corrected chi connectivity index (χ2v) is 4.62. The lowest BCUT2D eigenvalue weighted by Crippen LogP contribution is -2.04. The molecule has 0 aliphatic carbocycles. The SMILES string of the molecule is C=C(SC(=NCO)c1cccc(F)c1)/C(CC)=N/O. The van der Waals surface area contributed by atoms with Crippen LogP contribution in [0.1, 0.15) is 18.9 Å². The number of benzene rings is 1. The molecule has 0 heterocycles. The molecule has 0 atom stereocenters. The number of hydrogen-bond donors (Lipinski definition) is 2. The maximum absolute atomic E-state index is 13.2. The van der Waals surface area contributed by atoms with Crippen molar-refractivity contribution in [3.8, 4) is 0 Å². The standard InChI is InChI=1S/C13H15FN2O2S/c1-3-12(16-18)9(2)19-13(15-8-17)10-5-4-6-11(14)7-10/h4-7,17-18H,2-3,8H2,1H3/b15-13?,16-12+. The zero-order valence-electron chi connectivity index (χ0n) is 10.5. The van der Waals surface area contributed by atoms with Crippen molar-refractivity contribution < 1.29 is 14.7 Å². The Hall–Kier alpha value is -1.66. The Kier molecular flexibility index (Phi) is 6.24. The van der Waals surface area contributed by atoms with Crippen molar-refractivity contribution in [1.82, 2.24) is 0 Å². The van der Waals surface area contributed by atoms with Crippen LogP contribution in [0.2, 0.25) is 0 Å². The molecule has 6 heteroatoms. The summed E-state index contributed by atoms with van der Waals surface area (Å²) in [6.07, 6.45) is 0.512. The van der Waals surface area contributed by atoms with Gasteiger partial charge in [0.25, 0.3) is 0 Å². The molecule has 4 nitrogen and oxygen atoms in total. The lowest BCUT2D eigenvalue weighted by Gasteiger charge is -2.09. The third-order valence-electron chi connectivity index (χ3n) is 2.28. The van der Waals surface area contributed by atoms with Crippen molar-refractivity contribution in [3.63, 3.8) is 0 Å². The van der Waals surface area contributed by atoms with Gasteiger partial charge in [0.2, 0.25) is 0 Å². The Morgan fingerprint density at radius 3 is 2.74 bits per heavy atom. The zero-order chi connectivity index (χ0) is 14.3. The molecule has 1 rings (SSSR count). The van der Waals surface area contributed by atoms with Gasteiger partial charge in [-0.05, 0) is 18.6 Å². The Morgan fingerprint density at radius 1 is 1.47 bits per heavy atom. The molecule has 0 amide bonds. The van der Waals surface area contributed by atoms with Gasteiger partial charge >= 0.3 is 0 Å². The van der Waals surface area contributed by atoms with Gasteiger partial charge in [-0.15, -0.1) is 0 Å². The average Bonchev–Trinajstić information content (AvgIpc) is 2.39. The first-order chi connectivity index (χ1) is 9.12. The van der Waals surface area contributed by atoms with Gasteiger partial charge in [-0.3, -0.25) is 0 Å². The molecule has 0 aliphatic heterocycles. The predicted octanol–water partition coefficient (Wildman–Crippen LogP) is 3.01. The van der Waals surface area contributed by atoms with Crippen molar-refractivity contribution in [2.24, 2.45) is 10.1 Å². The molecule has 0 radical (unpaired) electrons. The normalized spacial score (nSPS) is 12.6. The molecule has 0 saturated carbocycles. The second kappa shape index (κ2) is 7.70. The number of aliphatic hydroxyl groups excluding tert-OH is 1. The van der Waals surface area contributed by atoms with Crippen LogP contribution < -0.4 is 0 Å². The smallest absolute Gasteiger partial charge is 0.135 e. The quantitative estimate of drug-likeness (QED) is 0.377. The van der Waals surface area contributed by atoms with E-state index in [0.29, 0.717) is 27.6 Å². The fraction of sp³-hybridized carbons (Fsp3) is 0.231. The van der Waals surface area contributed by atoms with Crippen LogP contribution in [0.3, 0.4) is 0 Å². The highest BCUT2D eigenvalue weighted by atomic mass is 32.2. The number of thioether (sulfide) groups is 1. The van der Waals surface area contributed by atoms with E-state index < -0.39 is 6.73 Å². The largest absolute Gasteiger partial charge is 0.411 e. The molecule has 1 aromatic rings. The number of halogens is 1. The summed E-state index contributed by atoms with van der Waals surface area (Å²) in [6.45, 7) is 5.20.